The van der Waals surface area contributed by atoms with Crippen LogP contribution in [0, 0.1) is 0 Å². The SMILES string of the molecule is B[C@@H](C)C(=O)OC. The smallest absolute Gasteiger partial charge is 0.300 e. The van der Waals surface area contributed by atoms with E-state index in [-0.39, 0.29) is 11.8 Å². The van der Waals surface area contributed by atoms with Crippen molar-refractivity contribution in [3.05, 3.63) is 0 Å². The molecule has 3 heteroatoms. The maximum Gasteiger partial charge on any atom is 0.300 e. The minimum absolute atomic E-state index is 0.00463. The van der Waals surface area contributed by atoms with E-state index in [0.29, 0.717) is 0 Å². The van der Waals surface area contributed by atoms with Crippen LogP contribution in [0.25, 0.3) is 0 Å². The molecule has 0 spiro atoms. The number of carbonyl (C=O) groups excluding carboxylic acids is 1. The number of rotatable bonds is 1. The fourth-order valence-corrected chi connectivity index (χ4v) is 0.236. The van der Waals surface area contributed by atoms with Crippen molar-refractivity contribution in [3.8, 4) is 0 Å². The number of hydrogen-bond donors (Lipinski definition) is 0. The Balaban J connectivity index is 3.35. The predicted octanol–water partition coefficient (Wildman–Crippen LogP) is -0.399. The zero-order chi connectivity index (χ0) is 5.86. The lowest BCUT2D eigenvalue weighted by molar-refractivity contribution is -0.140. The number of methoxy groups -OCH3 is 1. The maximum atomic E-state index is 10.3. The van der Waals surface area contributed by atoms with Crippen molar-refractivity contribution in [2.75, 3.05) is 7.11 Å². The molecular weight excluding hydrogens is 90.9 g/mol. The third-order valence-corrected chi connectivity index (χ3v) is 0.673. The van der Waals surface area contributed by atoms with E-state index in [9.17, 15) is 4.79 Å². The molecule has 0 amide bonds. The van der Waals surface area contributed by atoms with Gasteiger partial charge in [0.1, 0.15) is 7.85 Å². The van der Waals surface area contributed by atoms with E-state index in [4.69, 9.17) is 0 Å². The molecule has 0 aliphatic carbocycles. The quantitative estimate of drug-likeness (QED) is 0.331. The van der Waals surface area contributed by atoms with Crippen LogP contribution < -0.4 is 0 Å². The number of carbonyl (C=O) groups is 1. The Kier molecular flexibility index (Phi) is 2.49. The largest absolute Gasteiger partial charge is 0.469 e. The van der Waals surface area contributed by atoms with Crippen LogP contribution in [0.4, 0.5) is 0 Å². The zero-order valence-corrected chi connectivity index (χ0v) is 4.89. The van der Waals surface area contributed by atoms with Gasteiger partial charge in [0, 0.05) is 5.82 Å². The monoisotopic (exact) mass is 100 g/mol. The molecule has 0 heterocycles. The summed E-state index contributed by atoms with van der Waals surface area (Å²) in [6.07, 6.45) is 0. The Labute approximate surface area is 44.3 Å². The molecule has 0 saturated carbocycles. The first kappa shape index (κ1) is 6.53. The molecule has 0 aliphatic heterocycles. The average Bonchev–Trinajstić information content (AvgIpc) is 1.65. The highest BCUT2D eigenvalue weighted by Gasteiger charge is 2.03. The van der Waals surface area contributed by atoms with Crippen LogP contribution in [0.1, 0.15) is 6.92 Å². The van der Waals surface area contributed by atoms with Gasteiger partial charge in [-0.1, -0.05) is 6.92 Å². The number of esters is 1. The van der Waals surface area contributed by atoms with E-state index >= 15 is 0 Å². The van der Waals surface area contributed by atoms with Crippen LogP contribution >= 0.6 is 0 Å². The van der Waals surface area contributed by atoms with Gasteiger partial charge in [-0.3, -0.25) is 4.79 Å². The summed E-state index contributed by atoms with van der Waals surface area (Å²) in [6, 6.07) is 0. The van der Waals surface area contributed by atoms with Crippen LogP contribution in [0.5, 0.6) is 0 Å². The van der Waals surface area contributed by atoms with E-state index in [0.717, 1.165) is 0 Å². The van der Waals surface area contributed by atoms with Crippen molar-refractivity contribution in [1.29, 1.82) is 0 Å². The first-order valence-corrected chi connectivity index (χ1v) is 2.26. The van der Waals surface area contributed by atoms with Gasteiger partial charge in [0.15, 0.2) is 0 Å². The summed E-state index contributed by atoms with van der Waals surface area (Å²) in [5, 5.41) is 0. The minimum Gasteiger partial charge on any atom is -0.469 e. The van der Waals surface area contributed by atoms with Crippen molar-refractivity contribution < 1.29 is 9.53 Å². The molecule has 0 fully saturated rings. The first-order valence-electron chi connectivity index (χ1n) is 2.26. The normalized spacial score (nSPS) is 12.9. The van der Waals surface area contributed by atoms with Crippen molar-refractivity contribution in [1.82, 2.24) is 0 Å². The molecule has 2 nitrogen and oxygen atoms in total. The summed E-state index contributed by atoms with van der Waals surface area (Å²) in [6.45, 7) is 1.80. The summed E-state index contributed by atoms with van der Waals surface area (Å²) in [5.41, 5.74) is 0. The third-order valence-electron chi connectivity index (χ3n) is 0.673. The lowest BCUT2D eigenvalue weighted by Gasteiger charge is -1.97. The van der Waals surface area contributed by atoms with Gasteiger partial charge in [-0.05, 0) is 0 Å². The zero-order valence-electron chi connectivity index (χ0n) is 4.89. The van der Waals surface area contributed by atoms with Crippen LogP contribution in [0.3, 0.4) is 0 Å². The summed E-state index contributed by atoms with van der Waals surface area (Å²) in [7, 11) is 3.19. The standard InChI is InChI=1S/C4H9BO2/c1-3(5)4(6)7-2/h3H,5H2,1-2H3/t3-/m0/s1. The lowest BCUT2D eigenvalue weighted by Crippen LogP contribution is -2.05. The van der Waals surface area contributed by atoms with Crippen LogP contribution in [-0.2, 0) is 9.53 Å². The second kappa shape index (κ2) is 2.67. The molecule has 0 rings (SSSR count). The molecule has 0 radical (unpaired) electrons. The molecule has 7 heavy (non-hydrogen) atoms. The summed E-state index contributed by atoms with van der Waals surface area (Å²) >= 11 is 0. The number of hydrogen-bond acceptors (Lipinski definition) is 2. The molecule has 0 saturated heterocycles. The predicted molar refractivity (Wildman–Crippen MR) is 30.0 cm³/mol. The lowest BCUT2D eigenvalue weighted by atomic mass is 9.90. The average molecular weight is 99.9 g/mol. The molecule has 0 bridgehead atoms. The van der Waals surface area contributed by atoms with Crippen LogP contribution in [0.2, 0.25) is 5.82 Å². The highest BCUT2D eigenvalue weighted by Crippen LogP contribution is 1.95. The highest BCUT2D eigenvalue weighted by atomic mass is 16.5. The molecule has 1 atom stereocenters. The van der Waals surface area contributed by atoms with Crippen molar-refractivity contribution >= 4 is 13.8 Å². The maximum absolute atomic E-state index is 10.3. The van der Waals surface area contributed by atoms with Gasteiger partial charge in [-0.25, -0.2) is 0 Å². The number of ether oxygens (including phenoxy) is 1. The van der Waals surface area contributed by atoms with E-state index in [2.05, 4.69) is 4.74 Å². The highest BCUT2D eigenvalue weighted by molar-refractivity contribution is 6.22. The Hall–Kier alpha value is -0.465. The molecule has 0 aromatic heterocycles. The van der Waals surface area contributed by atoms with Gasteiger partial charge in [-0.15, -0.1) is 0 Å². The topological polar surface area (TPSA) is 26.3 Å². The Bertz CT molecular complexity index is 70.1. The summed E-state index contributed by atoms with van der Waals surface area (Å²) in [4.78, 5) is 10.3. The summed E-state index contributed by atoms with van der Waals surface area (Å²) < 4.78 is 4.37. The fourth-order valence-electron chi connectivity index (χ4n) is 0.236. The van der Waals surface area contributed by atoms with Crippen molar-refractivity contribution in [2.24, 2.45) is 0 Å². The van der Waals surface area contributed by atoms with Gasteiger partial charge in [0.2, 0.25) is 0 Å². The van der Waals surface area contributed by atoms with Gasteiger partial charge >= 0.3 is 0 Å². The molecule has 0 unspecified atom stereocenters. The molecular formula is C4H9BO2. The van der Waals surface area contributed by atoms with Gasteiger partial charge in [0.25, 0.3) is 5.97 Å². The second-order valence-corrected chi connectivity index (χ2v) is 1.68. The van der Waals surface area contributed by atoms with Gasteiger partial charge in [-0.2, -0.15) is 0 Å². The molecule has 0 aliphatic rings. The van der Waals surface area contributed by atoms with E-state index in [1.165, 1.54) is 7.11 Å². The molecule has 0 aromatic carbocycles. The second-order valence-electron chi connectivity index (χ2n) is 1.68. The van der Waals surface area contributed by atoms with E-state index < -0.39 is 0 Å². The van der Waals surface area contributed by atoms with Crippen molar-refractivity contribution in [3.63, 3.8) is 0 Å². The fraction of sp³-hybridized carbons (Fsp3) is 0.750. The molecule has 0 N–H and O–H groups in total. The van der Waals surface area contributed by atoms with E-state index in [1.54, 1.807) is 14.8 Å². The van der Waals surface area contributed by atoms with Crippen LogP contribution in [0.15, 0.2) is 0 Å². The van der Waals surface area contributed by atoms with E-state index in [1.807, 2.05) is 0 Å². The molecule has 40 valence electrons. The van der Waals surface area contributed by atoms with Crippen LogP contribution in [-0.4, -0.2) is 20.9 Å². The van der Waals surface area contributed by atoms with Gasteiger partial charge < -0.3 is 4.74 Å². The minimum atomic E-state index is -0.153. The van der Waals surface area contributed by atoms with Crippen molar-refractivity contribution in [2.45, 2.75) is 12.7 Å². The summed E-state index contributed by atoms with van der Waals surface area (Å²) in [5.74, 6) is -0.148. The Morgan fingerprint density at radius 2 is 2.29 bits per heavy atom. The molecule has 0 aromatic rings. The van der Waals surface area contributed by atoms with Gasteiger partial charge in [0.05, 0.1) is 7.11 Å². The Morgan fingerprint density at radius 1 is 1.86 bits per heavy atom. The first-order chi connectivity index (χ1) is 3.18. The third kappa shape index (κ3) is 2.26. The Morgan fingerprint density at radius 3 is 2.29 bits per heavy atom.